The number of rotatable bonds is 3. The fourth-order valence-electron chi connectivity index (χ4n) is 2.51. The summed E-state index contributed by atoms with van der Waals surface area (Å²) >= 11 is 0. The van der Waals surface area contributed by atoms with Crippen LogP contribution in [0.1, 0.15) is 28.3 Å². The second-order valence-corrected chi connectivity index (χ2v) is 4.58. The molecule has 1 aromatic carbocycles. The van der Waals surface area contributed by atoms with Crippen LogP contribution in [0.4, 0.5) is 5.69 Å². The number of hydrogen-bond acceptors (Lipinski definition) is 3. The van der Waals surface area contributed by atoms with Crippen molar-refractivity contribution in [1.82, 2.24) is 0 Å². The molecule has 1 aliphatic rings. The molecular weight excluding hydrogens is 226 g/mol. The maximum Gasteiger partial charge on any atom is 0.185 e. The monoisotopic (exact) mass is 241 g/mol. The highest BCUT2D eigenvalue weighted by Gasteiger charge is 2.17. The highest BCUT2D eigenvalue weighted by Crippen LogP contribution is 2.28. The molecule has 2 heterocycles. The van der Waals surface area contributed by atoms with Gasteiger partial charge in [0, 0.05) is 12.2 Å². The molecule has 1 aromatic heterocycles. The Balaban J connectivity index is 1.83. The van der Waals surface area contributed by atoms with Gasteiger partial charge >= 0.3 is 0 Å². The number of hydrogen-bond donors (Lipinski definition) is 0. The lowest BCUT2D eigenvalue weighted by molar-refractivity contribution is 0.109. The summed E-state index contributed by atoms with van der Waals surface area (Å²) in [5, 5.41) is 0. The number of carbonyl (C=O) groups is 1. The van der Waals surface area contributed by atoms with Crippen LogP contribution < -0.4 is 4.90 Å². The summed E-state index contributed by atoms with van der Waals surface area (Å²) in [6, 6.07) is 12.1. The molecule has 3 heteroatoms. The average molecular weight is 241 g/mol. The molecule has 0 atom stereocenters. The fourth-order valence-corrected chi connectivity index (χ4v) is 2.51. The van der Waals surface area contributed by atoms with Gasteiger partial charge in [0.15, 0.2) is 12.0 Å². The number of benzene rings is 1. The van der Waals surface area contributed by atoms with Crippen LogP contribution >= 0.6 is 0 Å². The zero-order chi connectivity index (χ0) is 12.4. The zero-order valence-electron chi connectivity index (χ0n) is 10.1. The Morgan fingerprint density at radius 3 is 2.94 bits per heavy atom. The number of anilines is 1. The third kappa shape index (κ3) is 2.04. The van der Waals surface area contributed by atoms with Gasteiger partial charge < -0.3 is 9.32 Å². The van der Waals surface area contributed by atoms with Crippen molar-refractivity contribution in [2.24, 2.45) is 0 Å². The number of fused-ring (bicyclic) bond motifs is 1. The first kappa shape index (κ1) is 11.1. The van der Waals surface area contributed by atoms with Gasteiger partial charge in [-0.05, 0) is 36.6 Å². The van der Waals surface area contributed by atoms with Gasteiger partial charge in [0.25, 0.3) is 0 Å². The first-order chi connectivity index (χ1) is 8.86. The summed E-state index contributed by atoms with van der Waals surface area (Å²) in [5.74, 6) is 1.24. The van der Waals surface area contributed by atoms with Crippen LogP contribution in [0.25, 0.3) is 0 Å². The fraction of sp³-hybridized carbons (Fsp3) is 0.267. The molecule has 0 spiro atoms. The first-order valence-corrected chi connectivity index (χ1v) is 6.23. The molecule has 0 amide bonds. The quantitative estimate of drug-likeness (QED) is 0.774. The predicted octanol–water partition coefficient (Wildman–Crippen LogP) is 3.04. The second-order valence-electron chi connectivity index (χ2n) is 4.58. The van der Waals surface area contributed by atoms with Gasteiger partial charge in [-0.3, -0.25) is 4.79 Å². The highest BCUT2D eigenvalue weighted by molar-refractivity contribution is 5.70. The largest absolute Gasteiger partial charge is 0.456 e. The standard InChI is InChI=1S/C15H15NO2/c17-11-14-8-7-13(18-14)10-16-9-3-5-12-4-1-2-6-15(12)16/h1-2,4,6-8,11H,3,5,9-10H2. The van der Waals surface area contributed by atoms with E-state index in [1.807, 2.05) is 6.07 Å². The molecule has 2 aromatic rings. The van der Waals surface area contributed by atoms with Gasteiger partial charge in [0.1, 0.15) is 5.76 Å². The maximum atomic E-state index is 10.6. The molecule has 3 nitrogen and oxygen atoms in total. The first-order valence-electron chi connectivity index (χ1n) is 6.23. The van der Waals surface area contributed by atoms with Crippen molar-refractivity contribution in [3.63, 3.8) is 0 Å². The molecule has 0 saturated carbocycles. The normalized spacial score (nSPS) is 14.3. The minimum Gasteiger partial charge on any atom is -0.456 e. The minimum absolute atomic E-state index is 0.398. The van der Waals surface area contributed by atoms with Gasteiger partial charge in [-0.2, -0.15) is 0 Å². The van der Waals surface area contributed by atoms with Crippen LogP contribution in [0.3, 0.4) is 0 Å². The van der Waals surface area contributed by atoms with Crippen LogP contribution in [0.15, 0.2) is 40.8 Å². The topological polar surface area (TPSA) is 33.5 Å². The summed E-state index contributed by atoms with van der Waals surface area (Å²) < 4.78 is 5.44. The second kappa shape index (κ2) is 4.69. The Kier molecular flexibility index (Phi) is 2.89. The van der Waals surface area contributed by atoms with Gasteiger partial charge in [0.2, 0.25) is 0 Å². The van der Waals surface area contributed by atoms with E-state index >= 15 is 0 Å². The van der Waals surface area contributed by atoms with E-state index in [0.717, 1.165) is 38.0 Å². The summed E-state index contributed by atoms with van der Waals surface area (Å²) in [7, 11) is 0. The smallest absolute Gasteiger partial charge is 0.185 e. The average Bonchev–Trinajstić information content (AvgIpc) is 2.87. The lowest BCUT2D eigenvalue weighted by atomic mass is 10.0. The van der Waals surface area contributed by atoms with Crippen LogP contribution in [0, 0.1) is 0 Å². The summed E-state index contributed by atoms with van der Waals surface area (Å²) in [6.07, 6.45) is 3.05. The molecule has 0 saturated heterocycles. The van der Waals surface area contributed by atoms with E-state index in [4.69, 9.17) is 4.42 Å². The number of nitrogens with zero attached hydrogens (tertiary/aromatic N) is 1. The number of furan rings is 1. The van der Waals surface area contributed by atoms with Crippen LogP contribution in [-0.2, 0) is 13.0 Å². The van der Waals surface area contributed by atoms with Crippen LogP contribution in [-0.4, -0.2) is 12.8 Å². The molecule has 18 heavy (non-hydrogen) atoms. The predicted molar refractivity (Wildman–Crippen MR) is 69.9 cm³/mol. The van der Waals surface area contributed by atoms with Crippen LogP contribution in [0.2, 0.25) is 0 Å². The van der Waals surface area contributed by atoms with Gasteiger partial charge in [-0.15, -0.1) is 0 Å². The molecule has 0 N–H and O–H groups in total. The Bertz CT molecular complexity index is 559. The van der Waals surface area contributed by atoms with Gasteiger partial charge in [-0.1, -0.05) is 18.2 Å². The minimum atomic E-state index is 0.398. The number of aldehydes is 1. The van der Waals surface area contributed by atoms with Crippen molar-refractivity contribution in [3.05, 3.63) is 53.5 Å². The van der Waals surface area contributed by atoms with Gasteiger partial charge in [-0.25, -0.2) is 0 Å². The molecule has 0 unspecified atom stereocenters. The van der Waals surface area contributed by atoms with Crippen molar-refractivity contribution in [1.29, 1.82) is 0 Å². The Morgan fingerprint density at radius 1 is 1.22 bits per heavy atom. The van der Waals surface area contributed by atoms with Crippen molar-refractivity contribution >= 4 is 12.0 Å². The lowest BCUT2D eigenvalue weighted by Crippen LogP contribution is -2.28. The highest BCUT2D eigenvalue weighted by atomic mass is 16.3. The van der Waals surface area contributed by atoms with E-state index in [1.54, 1.807) is 6.07 Å². The molecular formula is C15H15NO2. The number of aryl methyl sites for hydroxylation is 1. The van der Waals surface area contributed by atoms with E-state index in [-0.39, 0.29) is 0 Å². The van der Waals surface area contributed by atoms with E-state index < -0.39 is 0 Å². The molecule has 0 aliphatic carbocycles. The molecule has 92 valence electrons. The van der Waals surface area contributed by atoms with Crippen molar-refractivity contribution in [3.8, 4) is 0 Å². The number of carbonyl (C=O) groups excluding carboxylic acids is 1. The summed E-state index contributed by atoms with van der Waals surface area (Å²) in [4.78, 5) is 12.9. The van der Waals surface area contributed by atoms with E-state index in [1.165, 1.54) is 11.3 Å². The summed E-state index contributed by atoms with van der Waals surface area (Å²) in [5.41, 5.74) is 2.68. The molecule has 0 fully saturated rings. The van der Waals surface area contributed by atoms with Crippen molar-refractivity contribution in [2.45, 2.75) is 19.4 Å². The van der Waals surface area contributed by atoms with Gasteiger partial charge in [0.05, 0.1) is 6.54 Å². The van der Waals surface area contributed by atoms with Crippen molar-refractivity contribution < 1.29 is 9.21 Å². The Labute approximate surface area is 106 Å². The maximum absolute atomic E-state index is 10.6. The lowest BCUT2D eigenvalue weighted by Gasteiger charge is -2.30. The Hall–Kier alpha value is -2.03. The van der Waals surface area contributed by atoms with Crippen LogP contribution in [0.5, 0.6) is 0 Å². The Morgan fingerprint density at radius 2 is 2.11 bits per heavy atom. The third-order valence-electron chi connectivity index (χ3n) is 3.35. The molecule has 1 aliphatic heterocycles. The SMILES string of the molecule is O=Cc1ccc(CN2CCCc3ccccc32)o1. The molecule has 3 rings (SSSR count). The van der Waals surface area contributed by atoms with E-state index in [2.05, 4.69) is 29.2 Å². The molecule has 0 bridgehead atoms. The van der Waals surface area contributed by atoms with E-state index in [0.29, 0.717) is 5.76 Å². The number of para-hydroxylation sites is 1. The molecule has 0 radical (unpaired) electrons. The zero-order valence-corrected chi connectivity index (χ0v) is 10.1. The van der Waals surface area contributed by atoms with Crippen molar-refractivity contribution in [2.75, 3.05) is 11.4 Å². The third-order valence-corrected chi connectivity index (χ3v) is 3.35. The van der Waals surface area contributed by atoms with E-state index in [9.17, 15) is 4.79 Å². The summed E-state index contributed by atoms with van der Waals surface area (Å²) in [6.45, 7) is 1.76.